The van der Waals surface area contributed by atoms with Gasteiger partial charge in [-0.1, -0.05) is 24.4 Å². The van der Waals surface area contributed by atoms with Crippen molar-refractivity contribution in [3.63, 3.8) is 0 Å². The molecule has 0 saturated heterocycles. The average molecular weight is 226 g/mol. The summed E-state index contributed by atoms with van der Waals surface area (Å²) in [5, 5.41) is 2.57. The lowest BCUT2D eigenvalue weighted by molar-refractivity contribution is 0.0332. The van der Waals surface area contributed by atoms with Gasteiger partial charge in [0.2, 0.25) is 0 Å². The van der Waals surface area contributed by atoms with Crippen LogP contribution in [-0.2, 0) is 0 Å². The van der Waals surface area contributed by atoms with Crippen molar-refractivity contribution in [2.45, 2.75) is 44.6 Å². The van der Waals surface area contributed by atoms with E-state index >= 15 is 0 Å². The number of hydrogen-bond donors (Lipinski definition) is 0. The molecule has 1 unspecified atom stereocenters. The second kappa shape index (κ2) is 5.01. The largest absolute Gasteiger partial charge is 0.264 e. The summed E-state index contributed by atoms with van der Waals surface area (Å²) in [5.74, 6) is 0.105. The molecular weight excluding hydrogens is 212 g/mol. The Labute approximate surface area is 87.0 Å². The molecule has 0 bridgehead atoms. The van der Waals surface area contributed by atoms with Crippen LogP contribution in [-0.4, -0.2) is 18.3 Å². The van der Waals surface area contributed by atoms with Crippen LogP contribution in [0.25, 0.3) is 0 Å². The number of halogens is 3. The van der Waals surface area contributed by atoms with Crippen molar-refractivity contribution in [3.05, 3.63) is 4.91 Å². The van der Waals surface area contributed by atoms with Gasteiger partial charge in [-0.05, 0) is 12.8 Å². The Morgan fingerprint density at radius 1 is 1.29 bits per heavy atom. The molecule has 14 heavy (non-hydrogen) atoms. The van der Waals surface area contributed by atoms with Crippen molar-refractivity contribution in [2.75, 3.05) is 5.88 Å². The van der Waals surface area contributed by atoms with E-state index in [9.17, 15) is 13.7 Å². The fourth-order valence-corrected chi connectivity index (χ4v) is 2.61. The summed E-state index contributed by atoms with van der Waals surface area (Å²) in [7, 11) is 0. The maximum atomic E-state index is 12.6. The van der Waals surface area contributed by atoms with Crippen LogP contribution in [0.3, 0.4) is 0 Å². The molecule has 0 spiro atoms. The third-order valence-electron chi connectivity index (χ3n) is 3.10. The van der Waals surface area contributed by atoms with E-state index in [1.807, 2.05) is 0 Å². The van der Waals surface area contributed by atoms with E-state index in [-0.39, 0.29) is 5.88 Å². The van der Waals surface area contributed by atoms with Gasteiger partial charge in [0.15, 0.2) is 6.04 Å². The van der Waals surface area contributed by atoms with Gasteiger partial charge < -0.3 is 0 Å². The Hall–Kier alpha value is -0.250. The van der Waals surface area contributed by atoms with E-state index in [1.54, 1.807) is 0 Å². The van der Waals surface area contributed by atoms with Crippen LogP contribution < -0.4 is 0 Å². The van der Waals surface area contributed by atoms with E-state index in [4.69, 9.17) is 11.6 Å². The molecule has 0 aromatic heterocycles. The first-order chi connectivity index (χ1) is 6.66. The maximum absolute atomic E-state index is 12.6. The van der Waals surface area contributed by atoms with Crippen molar-refractivity contribution < 1.29 is 8.78 Å². The van der Waals surface area contributed by atoms with Crippen LogP contribution in [0.5, 0.6) is 0 Å². The quantitative estimate of drug-likeness (QED) is 0.531. The number of alkyl halides is 3. The molecule has 5 heteroatoms. The highest BCUT2D eigenvalue weighted by Crippen LogP contribution is 2.43. The molecule has 82 valence electrons. The van der Waals surface area contributed by atoms with Gasteiger partial charge in [-0.2, -0.15) is 4.91 Å². The lowest BCUT2D eigenvalue weighted by Crippen LogP contribution is -2.41. The molecule has 0 N–H and O–H groups in total. The summed E-state index contributed by atoms with van der Waals surface area (Å²) in [5.41, 5.74) is -0.754. The maximum Gasteiger partial charge on any atom is 0.264 e. The third-order valence-corrected chi connectivity index (χ3v) is 3.63. The number of nitroso groups, excluding NO2 is 1. The first-order valence-corrected chi connectivity index (χ1v) is 5.36. The topological polar surface area (TPSA) is 29.4 Å². The minimum atomic E-state index is -2.69. The summed E-state index contributed by atoms with van der Waals surface area (Å²) < 4.78 is 25.1. The molecule has 0 aromatic carbocycles. The average Bonchev–Trinajstić information content (AvgIpc) is 2.19. The molecule has 1 aliphatic rings. The second-order valence-electron chi connectivity index (χ2n) is 3.94. The summed E-state index contributed by atoms with van der Waals surface area (Å²) in [6.07, 6.45) is 1.27. The summed E-state index contributed by atoms with van der Waals surface area (Å²) in [4.78, 5) is 10.4. The van der Waals surface area contributed by atoms with Crippen LogP contribution in [0.1, 0.15) is 32.1 Å². The summed E-state index contributed by atoms with van der Waals surface area (Å²) in [6.45, 7) is 0. The third kappa shape index (κ3) is 2.22. The van der Waals surface area contributed by atoms with Crippen molar-refractivity contribution >= 4 is 11.6 Å². The van der Waals surface area contributed by atoms with Gasteiger partial charge in [0, 0.05) is 11.3 Å². The smallest absolute Gasteiger partial charge is 0.208 e. The molecule has 1 atom stereocenters. The number of nitrogens with zero attached hydrogens (tertiary/aromatic N) is 1. The second-order valence-corrected chi connectivity index (χ2v) is 4.21. The van der Waals surface area contributed by atoms with Gasteiger partial charge in [-0.3, -0.25) is 0 Å². The van der Waals surface area contributed by atoms with Gasteiger partial charge in [-0.15, -0.1) is 11.6 Å². The predicted molar refractivity (Wildman–Crippen MR) is 51.8 cm³/mol. The zero-order chi connectivity index (χ0) is 10.6. The number of rotatable bonds is 4. The highest BCUT2D eigenvalue weighted by molar-refractivity contribution is 6.18. The highest BCUT2D eigenvalue weighted by atomic mass is 35.5. The minimum absolute atomic E-state index is 0.105. The van der Waals surface area contributed by atoms with E-state index in [2.05, 4.69) is 5.18 Å². The van der Waals surface area contributed by atoms with Crippen LogP contribution in [0.15, 0.2) is 5.18 Å². The molecule has 0 aliphatic heterocycles. The zero-order valence-corrected chi connectivity index (χ0v) is 8.64. The zero-order valence-electron chi connectivity index (χ0n) is 7.89. The lowest BCUT2D eigenvalue weighted by Gasteiger charge is -2.38. The molecule has 1 saturated carbocycles. The Morgan fingerprint density at radius 3 is 2.21 bits per heavy atom. The Morgan fingerprint density at radius 2 is 1.86 bits per heavy atom. The van der Waals surface area contributed by atoms with E-state index < -0.39 is 17.9 Å². The van der Waals surface area contributed by atoms with Crippen molar-refractivity contribution in [1.29, 1.82) is 0 Å². The van der Waals surface area contributed by atoms with Crippen LogP contribution in [0.2, 0.25) is 0 Å². The van der Waals surface area contributed by atoms with Gasteiger partial charge in [0.05, 0.1) is 0 Å². The number of hydrogen-bond acceptors (Lipinski definition) is 2. The molecule has 1 fully saturated rings. The molecule has 2 nitrogen and oxygen atoms in total. The van der Waals surface area contributed by atoms with E-state index in [0.717, 1.165) is 19.3 Å². The Kier molecular flexibility index (Phi) is 4.23. The van der Waals surface area contributed by atoms with Gasteiger partial charge in [0.25, 0.3) is 6.43 Å². The highest BCUT2D eigenvalue weighted by Gasteiger charge is 2.45. The summed E-state index contributed by atoms with van der Waals surface area (Å²) >= 11 is 5.72. The molecule has 1 rings (SSSR count). The molecule has 0 amide bonds. The standard InChI is InChI=1S/C9H14ClF2NO/c10-6-9(4-2-1-3-5-9)7(13-14)8(11)12/h7-8H,1-6H2. The van der Waals surface area contributed by atoms with Crippen molar-refractivity contribution in [2.24, 2.45) is 10.6 Å². The van der Waals surface area contributed by atoms with E-state index in [1.165, 1.54) is 0 Å². The first kappa shape index (κ1) is 11.8. The Bertz CT molecular complexity index is 195. The van der Waals surface area contributed by atoms with Crippen molar-refractivity contribution in [3.8, 4) is 0 Å². The van der Waals surface area contributed by atoms with Gasteiger partial charge in [-0.25, -0.2) is 8.78 Å². The normalized spacial score (nSPS) is 23.4. The molecule has 1 aliphatic carbocycles. The molecule has 0 heterocycles. The SMILES string of the molecule is O=NC(C(F)F)C1(CCl)CCCCC1. The molecule has 0 aromatic rings. The molecule has 0 radical (unpaired) electrons. The van der Waals surface area contributed by atoms with Gasteiger partial charge >= 0.3 is 0 Å². The van der Waals surface area contributed by atoms with Crippen LogP contribution >= 0.6 is 11.6 Å². The molecular formula is C9H14ClF2NO. The Balaban J connectivity index is 2.79. The van der Waals surface area contributed by atoms with E-state index in [0.29, 0.717) is 12.8 Å². The van der Waals surface area contributed by atoms with Gasteiger partial charge in [0.1, 0.15) is 0 Å². The van der Waals surface area contributed by atoms with Crippen LogP contribution in [0, 0.1) is 10.3 Å². The van der Waals surface area contributed by atoms with Crippen molar-refractivity contribution in [1.82, 2.24) is 0 Å². The fourth-order valence-electron chi connectivity index (χ4n) is 2.19. The lowest BCUT2D eigenvalue weighted by atomic mass is 9.70. The monoisotopic (exact) mass is 225 g/mol. The fraction of sp³-hybridized carbons (Fsp3) is 1.00. The summed E-state index contributed by atoms with van der Waals surface area (Å²) in [6, 6.07) is -1.43. The van der Waals surface area contributed by atoms with Crippen LogP contribution in [0.4, 0.5) is 8.78 Å². The minimum Gasteiger partial charge on any atom is -0.208 e. The predicted octanol–water partition coefficient (Wildman–Crippen LogP) is 3.58. The first-order valence-electron chi connectivity index (χ1n) is 4.83.